The number of ether oxygens (including phenoxy) is 2. The summed E-state index contributed by atoms with van der Waals surface area (Å²) < 4.78 is 23.2. The van der Waals surface area contributed by atoms with E-state index in [1.54, 1.807) is 0 Å². The molecule has 0 bridgehead atoms. The standard InChI is InChI=1S/C13H13FO3/c1-3-7-16-12-9-10(5-6-11(12)14)13(15)17-8-4-2/h3-6,9H,1-2,7-8H2. The van der Waals surface area contributed by atoms with Crippen LogP contribution in [0.3, 0.4) is 0 Å². The molecule has 0 aliphatic carbocycles. The molecule has 0 radical (unpaired) electrons. The van der Waals surface area contributed by atoms with Crippen LogP contribution in [0.15, 0.2) is 43.5 Å². The Morgan fingerprint density at radius 2 is 2.00 bits per heavy atom. The maximum atomic E-state index is 13.3. The molecular weight excluding hydrogens is 223 g/mol. The largest absolute Gasteiger partial charge is 0.486 e. The Bertz CT molecular complexity index is 427. The minimum Gasteiger partial charge on any atom is -0.486 e. The molecule has 0 amide bonds. The number of hydrogen-bond donors (Lipinski definition) is 0. The van der Waals surface area contributed by atoms with Crippen molar-refractivity contribution in [1.82, 2.24) is 0 Å². The van der Waals surface area contributed by atoms with Gasteiger partial charge in [-0.15, -0.1) is 0 Å². The van der Waals surface area contributed by atoms with E-state index >= 15 is 0 Å². The summed E-state index contributed by atoms with van der Waals surface area (Å²) in [5, 5.41) is 0. The third kappa shape index (κ3) is 3.75. The van der Waals surface area contributed by atoms with Gasteiger partial charge in [0, 0.05) is 0 Å². The predicted octanol–water partition coefficient (Wildman–Crippen LogP) is 2.73. The van der Waals surface area contributed by atoms with Gasteiger partial charge in [-0.05, 0) is 18.2 Å². The highest BCUT2D eigenvalue weighted by atomic mass is 19.1. The average Bonchev–Trinajstić information content (AvgIpc) is 2.35. The lowest BCUT2D eigenvalue weighted by molar-refractivity contribution is 0.0549. The van der Waals surface area contributed by atoms with Crippen molar-refractivity contribution in [1.29, 1.82) is 0 Å². The molecule has 0 saturated carbocycles. The van der Waals surface area contributed by atoms with Gasteiger partial charge in [0.2, 0.25) is 0 Å². The van der Waals surface area contributed by atoms with Crippen LogP contribution in [0.2, 0.25) is 0 Å². The van der Waals surface area contributed by atoms with Crippen LogP contribution in [-0.2, 0) is 4.74 Å². The maximum absolute atomic E-state index is 13.3. The van der Waals surface area contributed by atoms with Crippen LogP contribution >= 0.6 is 0 Å². The zero-order chi connectivity index (χ0) is 12.7. The molecule has 0 spiro atoms. The van der Waals surface area contributed by atoms with Gasteiger partial charge in [-0.3, -0.25) is 0 Å². The van der Waals surface area contributed by atoms with E-state index in [4.69, 9.17) is 9.47 Å². The Kier molecular flexibility index (Phi) is 4.94. The number of benzene rings is 1. The zero-order valence-electron chi connectivity index (χ0n) is 9.32. The maximum Gasteiger partial charge on any atom is 0.338 e. The molecule has 3 nitrogen and oxygen atoms in total. The predicted molar refractivity (Wildman–Crippen MR) is 62.6 cm³/mol. The molecule has 0 aromatic heterocycles. The summed E-state index contributed by atoms with van der Waals surface area (Å²) >= 11 is 0. The molecule has 0 atom stereocenters. The normalized spacial score (nSPS) is 9.47. The molecule has 17 heavy (non-hydrogen) atoms. The van der Waals surface area contributed by atoms with Gasteiger partial charge < -0.3 is 9.47 Å². The molecule has 0 aliphatic heterocycles. The second-order valence-corrected chi connectivity index (χ2v) is 3.13. The quantitative estimate of drug-likeness (QED) is 0.562. The number of halogens is 1. The second kappa shape index (κ2) is 6.48. The monoisotopic (exact) mass is 236 g/mol. The van der Waals surface area contributed by atoms with Crippen LogP contribution in [0, 0.1) is 5.82 Å². The summed E-state index contributed by atoms with van der Waals surface area (Å²) in [7, 11) is 0. The Labute approximate surface area is 99.2 Å². The van der Waals surface area contributed by atoms with Crippen molar-refractivity contribution in [3.63, 3.8) is 0 Å². The molecule has 0 saturated heterocycles. The first kappa shape index (κ1) is 13.0. The summed E-state index contributed by atoms with van der Waals surface area (Å²) in [6.45, 7) is 7.16. The Morgan fingerprint density at radius 3 is 2.65 bits per heavy atom. The molecule has 90 valence electrons. The number of rotatable bonds is 6. The van der Waals surface area contributed by atoms with Crippen molar-refractivity contribution in [2.45, 2.75) is 0 Å². The summed E-state index contributed by atoms with van der Waals surface area (Å²) in [5.41, 5.74) is 0.229. The van der Waals surface area contributed by atoms with Crippen LogP contribution in [0.1, 0.15) is 10.4 Å². The lowest BCUT2D eigenvalue weighted by atomic mass is 10.2. The van der Waals surface area contributed by atoms with E-state index in [9.17, 15) is 9.18 Å². The molecule has 1 rings (SSSR count). The molecule has 1 aromatic carbocycles. The molecular formula is C13H13FO3. The highest BCUT2D eigenvalue weighted by Crippen LogP contribution is 2.19. The third-order valence-corrected chi connectivity index (χ3v) is 1.86. The number of carbonyl (C=O) groups excluding carboxylic acids is 1. The van der Waals surface area contributed by atoms with Gasteiger partial charge in [0.15, 0.2) is 11.6 Å². The smallest absolute Gasteiger partial charge is 0.338 e. The van der Waals surface area contributed by atoms with Crippen molar-refractivity contribution < 1.29 is 18.7 Å². The van der Waals surface area contributed by atoms with E-state index < -0.39 is 11.8 Å². The fraction of sp³-hybridized carbons (Fsp3) is 0.154. The lowest BCUT2D eigenvalue weighted by Crippen LogP contribution is -2.06. The van der Waals surface area contributed by atoms with Gasteiger partial charge in [0.05, 0.1) is 5.56 Å². The van der Waals surface area contributed by atoms with E-state index in [2.05, 4.69) is 13.2 Å². The minimum absolute atomic E-state index is 0.00190. The number of esters is 1. The summed E-state index contributed by atoms with van der Waals surface area (Å²) in [6, 6.07) is 3.79. The van der Waals surface area contributed by atoms with E-state index in [1.165, 1.54) is 24.3 Å². The first-order valence-corrected chi connectivity index (χ1v) is 5.00. The van der Waals surface area contributed by atoms with Crippen LogP contribution in [0.5, 0.6) is 5.75 Å². The highest BCUT2D eigenvalue weighted by Gasteiger charge is 2.11. The first-order valence-electron chi connectivity index (χ1n) is 5.00. The van der Waals surface area contributed by atoms with Gasteiger partial charge in [0.25, 0.3) is 0 Å². The minimum atomic E-state index is -0.548. The Hall–Kier alpha value is -2.10. The fourth-order valence-electron chi connectivity index (χ4n) is 1.11. The Balaban J connectivity index is 2.83. The number of hydrogen-bond acceptors (Lipinski definition) is 3. The molecule has 0 fully saturated rings. The lowest BCUT2D eigenvalue weighted by Gasteiger charge is -2.07. The van der Waals surface area contributed by atoms with Crippen molar-refractivity contribution in [2.75, 3.05) is 13.2 Å². The molecule has 4 heteroatoms. The molecule has 0 unspecified atom stereocenters. The summed E-state index contributed by atoms with van der Waals surface area (Å²) in [6.07, 6.45) is 2.94. The SMILES string of the molecule is C=CCOC(=O)c1ccc(F)c(OCC=C)c1. The van der Waals surface area contributed by atoms with Gasteiger partial charge in [-0.25, -0.2) is 9.18 Å². The van der Waals surface area contributed by atoms with Crippen molar-refractivity contribution >= 4 is 5.97 Å². The van der Waals surface area contributed by atoms with Gasteiger partial charge in [-0.2, -0.15) is 0 Å². The zero-order valence-corrected chi connectivity index (χ0v) is 9.32. The molecule has 0 N–H and O–H groups in total. The third-order valence-electron chi connectivity index (χ3n) is 1.86. The topological polar surface area (TPSA) is 35.5 Å². The van der Waals surface area contributed by atoms with E-state index in [0.29, 0.717) is 0 Å². The molecule has 1 aromatic rings. The molecule has 0 heterocycles. The van der Waals surface area contributed by atoms with Gasteiger partial charge in [0.1, 0.15) is 13.2 Å². The van der Waals surface area contributed by atoms with Crippen LogP contribution in [-0.4, -0.2) is 19.2 Å². The first-order chi connectivity index (χ1) is 8.19. The van der Waals surface area contributed by atoms with E-state index in [-0.39, 0.29) is 24.5 Å². The average molecular weight is 236 g/mol. The van der Waals surface area contributed by atoms with Crippen LogP contribution in [0.4, 0.5) is 4.39 Å². The van der Waals surface area contributed by atoms with Crippen LogP contribution in [0.25, 0.3) is 0 Å². The van der Waals surface area contributed by atoms with Crippen LogP contribution < -0.4 is 4.74 Å². The summed E-state index contributed by atoms with van der Waals surface area (Å²) in [5.74, 6) is -1.08. The van der Waals surface area contributed by atoms with Crippen molar-refractivity contribution in [3.05, 3.63) is 54.9 Å². The Morgan fingerprint density at radius 1 is 1.29 bits per heavy atom. The molecule has 0 aliphatic rings. The summed E-state index contributed by atoms with van der Waals surface area (Å²) in [4.78, 5) is 11.5. The highest BCUT2D eigenvalue weighted by molar-refractivity contribution is 5.89. The van der Waals surface area contributed by atoms with Gasteiger partial charge in [-0.1, -0.05) is 25.3 Å². The fourth-order valence-corrected chi connectivity index (χ4v) is 1.11. The second-order valence-electron chi connectivity index (χ2n) is 3.13. The van der Waals surface area contributed by atoms with Gasteiger partial charge >= 0.3 is 5.97 Å². The van der Waals surface area contributed by atoms with E-state index in [0.717, 1.165) is 6.07 Å². The van der Waals surface area contributed by atoms with E-state index in [1.807, 2.05) is 0 Å². The van der Waals surface area contributed by atoms with Crippen molar-refractivity contribution in [2.24, 2.45) is 0 Å². The van der Waals surface area contributed by atoms with Crippen molar-refractivity contribution in [3.8, 4) is 5.75 Å². The number of carbonyl (C=O) groups is 1.